The maximum Gasteiger partial charge on any atom is 0.317 e. The van der Waals surface area contributed by atoms with E-state index in [9.17, 15) is 4.79 Å². The first-order chi connectivity index (χ1) is 12.2. The minimum atomic E-state index is 0.0526. The van der Waals surface area contributed by atoms with Crippen LogP contribution in [0.1, 0.15) is 36.3 Å². The van der Waals surface area contributed by atoms with Gasteiger partial charge in [-0.1, -0.05) is 60.5 Å². The molecule has 1 aliphatic heterocycles. The standard InChI is InChI=1S/C21H25ClN2O/c22-20-11-9-18(10-12-20)19-8-4-5-15-24(16-19)21(25)23-14-13-17-6-2-1-3-7-17/h1-3,6-7,9-12,19H,4-5,8,13-16H2,(H,23,25). The molecule has 3 nitrogen and oxygen atoms in total. The lowest BCUT2D eigenvalue weighted by atomic mass is 9.94. The van der Waals surface area contributed by atoms with Crippen LogP contribution in [0.25, 0.3) is 0 Å². The van der Waals surface area contributed by atoms with Gasteiger partial charge < -0.3 is 10.2 Å². The molecule has 1 aliphatic rings. The Morgan fingerprint density at radius 2 is 1.84 bits per heavy atom. The molecule has 1 saturated heterocycles. The van der Waals surface area contributed by atoms with Crippen LogP contribution < -0.4 is 5.32 Å². The summed E-state index contributed by atoms with van der Waals surface area (Å²) in [6, 6.07) is 18.4. The molecule has 1 heterocycles. The van der Waals surface area contributed by atoms with Crippen molar-refractivity contribution in [3.05, 3.63) is 70.7 Å². The van der Waals surface area contributed by atoms with Gasteiger partial charge in [-0.25, -0.2) is 4.79 Å². The Morgan fingerprint density at radius 3 is 2.60 bits per heavy atom. The van der Waals surface area contributed by atoms with Crippen LogP contribution in [0.15, 0.2) is 54.6 Å². The minimum Gasteiger partial charge on any atom is -0.338 e. The van der Waals surface area contributed by atoms with Crippen molar-refractivity contribution in [2.24, 2.45) is 0 Å². The van der Waals surface area contributed by atoms with Crippen LogP contribution in [-0.4, -0.2) is 30.6 Å². The van der Waals surface area contributed by atoms with Gasteiger partial charge in [0.15, 0.2) is 0 Å². The van der Waals surface area contributed by atoms with Crippen LogP contribution in [-0.2, 0) is 6.42 Å². The number of amides is 2. The molecule has 1 atom stereocenters. The quantitative estimate of drug-likeness (QED) is 0.833. The number of rotatable bonds is 4. The Morgan fingerprint density at radius 1 is 1.08 bits per heavy atom. The van der Waals surface area contributed by atoms with E-state index in [2.05, 4.69) is 29.6 Å². The minimum absolute atomic E-state index is 0.0526. The molecule has 2 aromatic rings. The molecule has 0 aromatic heterocycles. The lowest BCUT2D eigenvalue weighted by Crippen LogP contribution is -2.42. The molecule has 0 bridgehead atoms. The van der Waals surface area contributed by atoms with Crippen LogP contribution >= 0.6 is 11.6 Å². The van der Waals surface area contributed by atoms with Gasteiger partial charge in [0.2, 0.25) is 0 Å². The predicted octanol–water partition coefficient (Wildman–Crippen LogP) is 4.86. The van der Waals surface area contributed by atoms with Gasteiger partial charge in [0, 0.05) is 30.6 Å². The summed E-state index contributed by atoms with van der Waals surface area (Å²) in [5, 5.41) is 3.83. The first-order valence-corrected chi connectivity index (χ1v) is 9.42. The van der Waals surface area contributed by atoms with Gasteiger partial charge in [0.25, 0.3) is 0 Å². The number of urea groups is 1. The molecule has 2 aromatic carbocycles. The second-order valence-electron chi connectivity index (χ2n) is 6.66. The molecular formula is C21H25ClN2O. The van der Waals surface area contributed by atoms with Gasteiger partial charge >= 0.3 is 6.03 Å². The summed E-state index contributed by atoms with van der Waals surface area (Å²) in [5.41, 5.74) is 2.52. The molecule has 0 aliphatic carbocycles. The zero-order chi connectivity index (χ0) is 17.5. The van der Waals surface area contributed by atoms with Crippen molar-refractivity contribution >= 4 is 17.6 Å². The van der Waals surface area contributed by atoms with Crippen molar-refractivity contribution < 1.29 is 4.79 Å². The Bertz CT molecular complexity index is 672. The van der Waals surface area contributed by atoms with Gasteiger partial charge in [0.05, 0.1) is 0 Å². The third-order valence-corrected chi connectivity index (χ3v) is 5.08. The fourth-order valence-electron chi connectivity index (χ4n) is 3.40. The number of carbonyl (C=O) groups is 1. The van der Waals surface area contributed by atoms with Crippen molar-refractivity contribution in [3.8, 4) is 0 Å². The summed E-state index contributed by atoms with van der Waals surface area (Å²) < 4.78 is 0. The van der Waals surface area contributed by atoms with E-state index in [1.807, 2.05) is 35.2 Å². The summed E-state index contributed by atoms with van der Waals surface area (Å²) in [6.07, 6.45) is 4.20. The smallest absolute Gasteiger partial charge is 0.317 e. The van der Waals surface area contributed by atoms with Gasteiger partial charge in [-0.05, 0) is 42.5 Å². The molecule has 1 unspecified atom stereocenters. The normalized spacial score (nSPS) is 17.8. The van der Waals surface area contributed by atoms with E-state index in [1.165, 1.54) is 11.1 Å². The Labute approximate surface area is 155 Å². The predicted molar refractivity (Wildman–Crippen MR) is 103 cm³/mol. The third kappa shape index (κ3) is 5.23. The second-order valence-corrected chi connectivity index (χ2v) is 7.09. The fraction of sp³-hybridized carbons (Fsp3) is 0.381. The number of nitrogens with zero attached hydrogens (tertiary/aromatic N) is 1. The lowest BCUT2D eigenvalue weighted by molar-refractivity contribution is 0.197. The van der Waals surface area contributed by atoms with E-state index < -0.39 is 0 Å². The topological polar surface area (TPSA) is 32.3 Å². The molecule has 3 rings (SSSR count). The van der Waals surface area contributed by atoms with Crippen LogP contribution in [0.3, 0.4) is 0 Å². The molecular weight excluding hydrogens is 332 g/mol. The van der Waals surface area contributed by atoms with E-state index in [0.717, 1.165) is 43.8 Å². The van der Waals surface area contributed by atoms with Crippen molar-refractivity contribution in [1.29, 1.82) is 0 Å². The molecule has 0 spiro atoms. The average molecular weight is 357 g/mol. The van der Waals surface area contributed by atoms with Crippen molar-refractivity contribution in [1.82, 2.24) is 10.2 Å². The summed E-state index contributed by atoms with van der Waals surface area (Å²) in [7, 11) is 0. The van der Waals surface area contributed by atoms with Crippen LogP contribution in [0.2, 0.25) is 5.02 Å². The average Bonchev–Trinajstić information content (AvgIpc) is 2.89. The fourth-order valence-corrected chi connectivity index (χ4v) is 3.53. The summed E-state index contributed by atoms with van der Waals surface area (Å²) in [5.74, 6) is 0.389. The number of halogens is 1. The van der Waals surface area contributed by atoms with E-state index in [1.54, 1.807) is 0 Å². The summed E-state index contributed by atoms with van der Waals surface area (Å²) in [6.45, 7) is 2.28. The van der Waals surface area contributed by atoms with E-state index in [0.29, 0.717) is 12.5 Å². The zero-order valence-corrected chi connectivity index (χ0v) is 15.2. The van der Waals surface area contributed by atoms with Crippen molar-refractivity contribution in [2.45, 2.75) is 31.6 Å². The van der Waals surface area contributed by atoms with Gasteiger partial charge in [-0.2, -0.15) is 0 Å². The third-order valence-electron chi connectivity index (χ3n) is 4.83. The zero-order valence-electron chi connectivity index (χ0n) is 14.5. The molecule has 2 amide bonds. The monoisotopic (exact) mass is 356 g/mol. The molecule has 4 heteroatoms. The number of benzene rings is 2. The molecule has 1 N–H and O–H groups in total. The van der Waals surface area contributed by atoms with Crippen LogP contribution in [0.4, 0.5) is 4.79 Å². The first-order valence-electron chi connectivity index (χ1n) is 9.04. The molecule has 25 heavy (non-hydrogen) atoms. The van der Waals surface area contributed by atoms with Crippen LogP contribution in [0, 0.1) is 0 Å². The summed E-state index contributed by atoms with van der Waals surface area (Å²) in [4.78, 5) is 14.5. The SMILES string of the molecule is O=C(NCCc1ccccc1)N1CCCCC(c2ccc(Cl)cc2)C1. The van der Waals surface area contributed by atoms with E-state index in [-0.39, 0.29) is 6.03 Å². The Kier molecular flexibility index (Phi) is 6.35. The highest BCUT2D eigenvalue weighted by Crippen LogP contribution is 2.27. The summed E-state index contributed by atoms with van der Waals surface area (Å²) >= 11 is 6.00. The lowest BCUT2D eigenvalue weighted by Gasteiger charge is -2.25. The molecule has 0 saturated carbocycles. The van der Waals surface area contributed by atoms with E-state index in [4.69, 9.17) is 11.6 Å². The Balaban J connectivity index is 1.54. The number of likely N-dealkylation sites (tertiary alicyclic amines) is 1. The van der Waals surface area contributed by atoms with Crippen molar-refractivity contribution in [3.63, 3.8) is 0 Å². The first kappa shape index (κ1) is 17.8. The van der Waals surface area contributed by atoms with E-state index >= 15 is 0 Å². The Hall–Kier alpha value is -2.00. The largest absolute Gasteiger partial charge is 0.338 e. The maximum atomic E-state index is 12.6. The van der Waals surface area contributed by atoms with Gasteiger partial charge in [-0.15, -0.1) is 0 Å². The van der Waals surface area contributed by atoms with Gasteiger partial charge in [0.1, 0.15) is 0 Å². The number of hydrogen-bond acceptors (Lipinski definition) is 1. The molecule has 132 valence electrons. The number of nitrogens with one attached hydrogen (secondary N) is 1. The second kappa shape index (κ2) is 8.91. The van der Waals surface area contributed by atoms with Crippen LogP contribution in [0.5, 0.6) is 0 Å². The highest BCUT2D eigenvalue weighted by molar-refractivity contribution is 6.30. The number of hydrogen-bond donors (Lipinski definition) is 1. The highest BCUT2D eigenvalue weighted by Gasteiger charge is 2.22. The van der Waals surface area contributed by atoms with Gasteiger partial charge in [-0.3, -0.25) is 0 Å². The molecule has 1 fully saturated rings. The number of carbonyl (C=O) groups excluding carboxylic acids is 1. The van der Waals surface area contributed by atoms with Crippen molar-refractivity contribution in [2.75, 3.05) is 19.6 Å². The highest BCUT2D eigenvalue weighted by atomic mass is 35.5. The molecule has 0 radical (unpaired) electrons. The maximum absolute atomic E-state index is 12.6.